The summed E-state index contributed by atoms with van der Waals surface area (Å²) in [5.74, 6) is 0.273. The topological polar surface area (TPSA) is 26.3 Å². The standard InChI is InChI=1S/C11H22OSi.C5H6O/c1-6-8-10-11(9-7-2)12-13(3,4)5;6-5-3-1-2-4-5/h6-7,11H,1-2,8-10H2,3-5H3;1,3H,2,4H2. The van der Waals surface area contributed by atoms with Gasteiger partial charge in [-0.05, 0) is 51.4 Å². The fourth-order valence-corrected chi connectivity index (χ4v) is 2.95. The summed E-state index contributed by atoms with van der Waals surface area (Å²) in [6.45, 7) is 14.1. The molecule has 1 rings (SSSR count). The molecule has 0 amide bonds. The zero-order valence-electron chi connectivity index (χ0n) is 12.7. The van der Waals surface area contributed by atoms with E-state index in [0.717, 1.165) is 32.1 Å². The Morgan fingerprint density at radius 2 is 2.05 bits per heavy atom. The first-order chi connectivity index (χ1) is 8.89. The van der Waals surface area contributed by atoms with E-state index in [-0.39, 0.29) is 5.78 Å². The van der Waals surface area contributed by atoms with E-state index in [1.807, 2.05) is 18.2 Å². The summed E-state index contributed by atoms with van der Waals surface area (Å²) in [6.07, 6.45) is 12.5. The van der Waals surface area contributed by atoms with Gasteiger partial charge in [0, 0.05) is 12.5 Å². The molecule has 0 radical (unpaired) electrons. The highest BCUT2D eigenvalue weighted by molar-refractivity contribution is 6.69. The SMILES string of the molecule is C=CCCC(CC=C)O[Si](C)(C)C.O=C1C=CCC1. The maximum absolute atomic E-state index is 10.2. The van der Waals surface area contributed by atoms with Crippen molar-refractivity contribution >= 4 is 14.1 Å². The molecule has 0 aromatic carbocycles. The Balaban J connectivity index is 0.000000443. The molecule has 0 aromatic heterocycles. The van der Waals surface area contributed by atoms with Crippen molar-refractivity contribution in [2.24, 2.45) is 0 Å². The van der Waals surface area contributed by atoms with E-state index in [2.05, 4.69) is 32.8 Å². The van der Waals surface area contributed by atoms with Crippen molar-refractivity contribution in [2.75, 3.05) is 0 Å². The molecule has 2 nitrogen and oxygen atoms in total. The minimum Gasteiger partial charge on any atom is -0.414 e. The van der Waals surface area contributed by atoms with Gasteiger partial charge in [-0.3, -0.25) is 4.79 Å². The van der Waals surface area contributed by atoms with Crippen LogP contribution in [0.2, 0.25) is 19.6 Å². The first kappa shape index (κ1) is 18.1. The van der Waals surface area contributed by atoms with Crippen molar-refractivity contribution in [1.29, 1.82) is 0 Å². The maximum Gasteiger partial charge on any atom is 0.184 e. The molecule has 0 heterocycles. The second kappa shape index (κ2) is 9.93. The Hall–Kier alpha value is -0.933. The first-order valence-electron chi connectivity index (χ1n) is 6.98. The summed E-state index contributed by atoms with van der Waals surface area (Å²) in [7, 11) is -1.39. The highest BCUT2D eigenvalue weighted by Gasteiger charge is 2.19. The minimum absolute atomic E-state index is 0.273. The summed E-state index contributed by atoms with van der Waals surface area (Å²) < 4.78 is 6.00. The Bertz CT molecular complexity index is 313. The maximum atomic E-state index is 10.2. The smallest absolute Gasteiger partial charge is 0.184 e. The van der Waals surface area contributed by atoms with E-state index in [4.69, 9.17) is 4.43 Å². The van der Waals surface area contributed by atoms with Crippen LogP contribution in [-0.2, 0) is 9.22 Å². The summed E-state index contributed by atoms with van der Waals surface area (Å²) in [6, 6.07) is 0. The molecule has 0 N–H and O–H groups in total. The largest absolute Gasteiger partial charge is 0.414 e. The Kier molecular flexibility index (Phi) is 9.44. The lowest BCUT2D eigenvalue weighted by atomic mass is 10.1. The van der Waals surface area contributed by atoms with Gasteiger partial charge in [-0.2, -0.15) is 0 Å². The molecule has 3 heteroatoms. The van der Waals surface area contributed by atoms with Crippen molar-refractivity contribution in [2.45, 2.75) is 57.8 Å². The molecule has 1 atom stereocenters. The van der Waals surface area contributed by atoms with Crippen molar-refractivity contribution in [3.05, 3.63) is 37.5 Å². The second-order valence-electron chi connectivity index (χ2n) is 5.65. The van der Waals surface area contributed by atoms with Gasteiger partial charge in [0.15, 0.2) is 14.1 Å². The Morgan fingerprint density at radius 1 is 1.37 bits per heavy atom. The van der Waals surface area contributed by atoms with Crippen molar-refractivity contribution in [3.8, 4) is 0 Å². The summed E-state index contributed by atoms with van der Waals surface area (Å²) in [5.41, 5.74) is 0. The van der Waals surface area contributed by atoms with Crippen LogP contribution < -0.4 is 0 Å². The molecule has 0 bridgehead atoms. The quantitative estimate of drug-likeness (QED) is 0.501. The fraction of sp³-hybridized carbons (Fsp3) is 0.562. The van der Waals surface area contributed by atoms with E-state index in [1.54, 1.807) is 6.08 Å². The lowest BCUT2D eigenvalue weighted by molar-refractivity contribution is -0.114. The van der Waals surface area contributed by atoms with Crippen LogP contribution >= 0.6 is 0 Å². The number of hydrogen-bond donors (Lipinski definition) is 0. The lowest BCUT2D eigenvalue weighted by Crippen LogP contribution is -2.31. The first-order valence-corrected chi connectivity index (χ1v) is 10.4. The predicted molar refractivity (Wildman–Crippen MR) is 85.8 cm³/mol. The third kappa shape index (κ3) is 11.9. The van der Waals surface area contributed by atoms with E-state index in [0.29, 0.717) is 6.10 Å². The summed E-state index contributed by atoms with van der Waals surface area (Å²) >= 11 is 0. The van der Waals surface area contributed by atoms with Crippen LogP contribution in [0.3, 0.4) is 0 Å². The van der Waals surface area contributed by atoms with Gasteiger partial charge >= 0.3 is 0 Å². The third-order valence-electron chi connectivity index (χ3n) is 2.50. The summed E-state index contributed by atoms with van der Waals surface area (Å²) in [4.78, 5) is 10.2. The van der Waals surface area contributed by atoms with Crippen LogP contribution in [0.1, 0.15) is 32.1 Å². The molecule has 19 heavy (non-hydrogen) atoms. The van der Waals surface area contributed by atoms with Crippen LogP contribution in [0.5, 0.6) is 0 Å². The number of carbonyl (C=O) groups excluding carboxylic acids is 1. The molecular weight excluding hydrogens is 252 g/mol. The normalized spacial score (nSPS) is 15.6. The minimum atomic E-state index is -1.39. The number of ketones is 1. The van der Waals surface area contributed by atoms with Crippen LogP contribution in [-0.4, -0.2) is 20.2 Å². The van der Waals surface area contributed by atoms with Gasteiger partial charge in [0.25, 0.3) is 0 Å². The average Bonchev–Trinajstić information content (AvgIpc) is 2.76. The molecule has 1 aliphatic carbocycles. The molecule has 0 saturated heterocycles. The van der Waals surface area contributed by atoms with Crippen LogP contribution in [0.15, 0.2) is 37.5 Å². The molecule has 1 aliphatic rings. The fourth-order valence-electron chi connectivity index (χ4n) is 1.74. The zero-order chi connectivity index (χ0) is 14.7. The average molecular weight is 280 g/mol. The lowest BCUT2D eigenvalue weighted by Gasteiger charge is -2.25. The molecule has 0 fully saturated rings. The molecule has 1 unspecified atom stereocenters. The monoisotopic (exact) mass is 280 g/mol. The van der Waals surface area contributed by atoms with Gasteiger partial charge in [0.1, 0.15) is 0 Å². The molecule has 108 valence electrons. The van der Waals surface area contributed by atoms with Crippen molar-refractivity contribution < 1.29 is 9.22 Å². The highest BCUT2D eigenvalue weighted by atomic mass is 28.4. The van der Waals surface area contributed by atoms with Gasteiger partial charge in [-0.1, -0.05) is 18.2 Å². The van der Waals surface area contributed by atoms with E-state index in [9.17, 15) is 4.79 Å². The van der Waals surface area contributed by atoms with Crippen LogP contribution in [0.4, 0.5) is 0 Å². The summed E-state index contributed by atoms with van der Waals surface area (Å²) in [5, 5.41) is 0. The molecular formula is C16H28O2Si. The van der Waals surface area contributed by atoms with Gasteiger partial charge in [0.05, 0.1) is 0 Å². The number of allylic oxidation sites excluding steroid dienone is 3. The van der Waals surface area contributed by atoms with Gasteiger partial charge in [0.2, 0.25) is 0 Å². The van der Waals surface area contributed by atoms with Crippen molar-refractivity contribution in [3.63, 3.8) is 0 Å². The Morgan fingerprint density at radius 3 is 2.37 bits per heavy atom. The van der Waals surface area contributed by atoms with Crippen molar-refractivity contribution in [1.82, 2.24) is 0 Å². The number of rotatable bonds is 7. The highest BCUT2D eigenvalue weighted by Crippen LogP contribution is 2.15. The van der Waals surface area contributed by atoms with Gasteiger partial charge in [-0.25, -0.2) is 0 Å². The van der Waals surface area contributed by atoms with E-state index >= 15 is 0 Å². The number of carbonyl (C=O) groups is 1. The van der Waals surface area contributed by atoms with Crippen LogP contribution in [0, 0.1) is 0 Å². The Labute approximate surface area is 119 Å². The van der Waals surface area contributed by atoms with E-state index < -0.39 is 8.32 Å². The van der Waals surface area contributed by atoms with Crippen LogP contribution in [0.25, 0.3) is 0 Å². The third-order valence-corrected chi connectivity index (χ3v) is 3.54. The predicted octanol–water partition coefficient (Wildman–Crippen LogP) is 4.65. The molecule has 0 saturated carbocycles. The molecule has 0 aliphatic heterocycles. The zero-order valence-corrected chi connectivity index (χ0v) is 13.7. The molecule has 0 spiro atoms. The van der Waals surface area contributed by atoms with Gasteiger partial charge < -0.3 is 4.43 Å². The number of hydrogen-bond acceptors (Lipinski definition) is 2. The van der Waals surface area contributed by atoms with Gasteiger partial charge in [-0.15, -0.1) is 13.2 Å². The second-order valence-corrected chi connectivity index (χ2v) is 10.1. The molecule has 0 aromatic rings. The van der Waals surface area contributed by atoms with E-state index in [1.165, 1.54) is 0 Å².